The number of pyridine rings is 2. The molecule has 29 heavy (non-hydrogen) atoms. The van der Waals surface area contributed by atoms with Gasteiger partial charge in [0.2, 0.25) is 0 Å². The molecule has 3 aromatic rings. The first-order valence-electron chi connectivity index (χ1n) is 10.2. The van der Waals surface area contributed by atoms with E-state index < -0.39 is 0 Å². The van der Waals surface area contributed by atoms with Gasteiger partial charge >= 0.3 is 0 Å². The smallest absolute Gasteiger partial charge is 0.130 e. The second-order valence-corrected chi connectivity index (χ2v) is 8.75. The van der Waals surface area contributed by atoms with E-state index in [1.807, 2.05) is 18.2 Å². The minimum absolute atomic E-state index is 0.205. The maximum absolute atomic E-state index is 13.6. The Balaban J connectivity index is 1.16. The van der Waals surface area contributed by atoms with Crippen LogP contribution in [-0.2, 0) is 0 Å². The van der Waals surface area contributed by atoms with Crippen LogP contribution in [0, 0.1) is 23.6 Å². The highest BCUT2D eigenvalue weighted by Crippen LogP contribution is 2.60. The summed E-state index contributed by atoms with van der Waals surface area (Å²) in [5.41, 5.74) is 0.764. The third kappa shape index (κ3) is 3.88. The molecule has 2 aliphatic carbocycles. The number of rotatable bonds is 6. The van der Waals surface area contributed by atoms with Crippen molar-refractivity contribution in [3.8, 4) is 5.75 Å². The van der Waals surface area contributed by atoms with Crippen molar-refractivity contribution >= 4 is 28.3 Å². The van der Waals surface area contributed by atoms with Gasteiger partial charge in [-0.3, -0.25) is 4.98 Å². The maximum Gasteiger partial charge on any atom is 0.130 e. The van der Waals surface area contributed by atoms with Gasteiger partial charge in [0.05, 0.1) is 16.6 Å². The Hall–Kier alpha value is -2.40. The number of benzene rings is 1. The van der Waals surface area contributed by atoms with E-state index in [1.165, 1.54) is 12.1 Å². The lowest BCUT2D eigenvalue weighted by atomic mass is 10.0. The molecule has 150 valence electrons. The van der Waals surface area contributed by atoms with E-state index in [9.17, 15) is 4.39 Å². The number of nitrogens with zero attached hydrogens (tertiary/aromatic N) is 2. The number of aromatic nitrogens is 2. The van der Waals surface area contributed by atoms with Crippen LogP contribution < -0.4 is 10.1 Å². The minimum atomic E-state index is -0.263. The number of halogens is 2. The summed E-state index contributed by atoms with van der Waals surface area (Å²) in [6, 6.07) is 10.6. The molecule has 4 nitrogen and oxygen atoms in total. The zero-order valence-corrected chi connectivity index (χ0v) is 16.9. The molecule has 2 aliphatic rings. The number of hydrogen-bond donors (Lipinski definition) is 1. The summed E-state index contributed by atoms with van der Waals surface area (Å²) in [7, 11) is 0. The van der Waals surface area contributed by atoms with Crippen LogP contribution in [0.5, 0.6) is 5.75 Å². The Morgan fingerprint density at radius 1 is 1.17 bits per heavy atom. The van der Waals surface area contributed by atoms with Crippen molar-refractivity contribution in [2.45, 2.75) is 38.3 Å². The van der Waals surface area contributed by atoms with Crippen molar-refractivity contribution in [2.75, 3.05) is 5.32 Å². The highest BCUT2D eigenvalue weighted by molar-refractivity contribution is 6.30. The molecule has 2 heterocycles. The molecule has 5 rings (SSSR count). The van der Waals surface area contributed by atoms with Crippen LogP contribution in [0.15, 0.2) is 48.8 Å². The standard InChI is InChI=1S/C23H23ClFN3O/c1-13(28-23-5-2-14(24)12-27-23)8-17-18-10-16(11-19(17)18)29-22-6-7-26-21-4-3-15(25)9-20(21)22/h2-7,9,12-13,16-19H,8,10-11H2,1H3,(H,27,28)/t13?,16?,17?,18-,19+. The Morgan fingerprint density at radius 3 is 2.76 bits per heavy atom. The Bertz CT molecular complexity index is 1020. The Morgan fingerprint density at radius 2 is 2.00 bits per heavy atom. The number of nitrogens with one attached hydrogen (secondary N) is 1. The fourth-order valence-corrected chi connectivity index (χ4v) is 5.04. The van der Waals surface area contributed by atoms with Crippen LogP contribution in [0.1, 0.15) is 26.2 Å². The lowest BCUT2D eigenvalue weighted by molar-refractivity contribution is 0.187. The van der Waals surface area contributed by atoms with Crippen molar-refractivity contribution in [3.63, 3.8) is 0 Å². The topological polar surface area (TPSA) is 47.0 Å². The van der Waals surface area contributed by atoms with Gasteiger partial charge in [-0.2, -0.15) is 0 Å². The van der Waals surface area contributed by atoms with E-state index in [2.05, 4.69) is 22.2 Å². The predicted molar refractivity (Wildman–Crippen MR) is 113 cm³/mol. The zero-order chi connectivity index (χ0) is 20.0. The molecule has 0 spiro atoms. The Kier molecular flexibility index (Phi) is 4.78. The number of anilines is 1. The zero-order valence-electron chi connectivity index (χ0n) is 16.2. The molecule has 5 atom stereocenters. The number of hydrogen-bond acceptors (Lipinski definition) is 4. The predicted octanol–water partition coefficient (Wildman–Crippen LogP) is 5.72. The first-order chi connectivity index (χ1) is 14.1. The van der Waals surface area contributed by atoms with Gasteiger partial charge in [-0.1, -0.05) is 11.6 Å². The summed E-state index contributed by atoms with van der Waals surface area (Å²) < 4.78 is 19.9. The number of ether oxygens (including phenoxy) is 1. The average Bonchev–Trinajstić information content (AvgIpc) is 3.14. The van der Waals surface area contributed by atoms with E-state index in [4.69, 9.17) is 16.3 Å². The molecule has 0 amide bonds. The molecular weight excluding hydrogens is 389 g/mol. The van der Waals surface area contributed by atoms with Crippen molar-refractivity contribution < 1.29 is 9.13 Å². The van der Waals surface area contributed by atoms with Crippen LogP contribution in [-0.4, -0.2) is 22.1 Å². The van der Waals surface area contributed by atoms with Crippen molar-refractivity contribution in [1.82, 2.24) is 9.97 Å². The third-order valence-electron chi connectivity index (χ3n) is 6.28. The third-order valence-corrected chi connectivity index (χ3v) is 6.51. The summed E-state index contributed by atoms with van der Waals surface area (Å²) in [6.45, 7) is 2.20. The van der Waals surface area contributed by atoms with Crippen LogP contribution >= 0.6 is 11.6 Å². The van der Waals surface area contributed by atoms with Gasteiger partial charge in [-0.05, 0) is 80.3 Å². The summed E-state index contributed by atoms with van der Waals surface area (Å²) in [6.07, 6.45) is 6.87. The van der Waals surface area contributed by atoms with Gasteiger partial charge in [0.25, 0.3) is 0 Å². The van der Waals surface area contributed by atoms with E-state index in [1.54, 1.807) is 18.5 Å². The summed E-state index contributed by atoms with van der Waals surface area (Å²) in [5, 5.41) is 4.86. The van der Waals surface area contributed by atoms with E-state index in [0.717, 1.165) is 59.5 Å². The van der Waals surface area contributed by atoms with Gasteiger partial charge in [-0.15, -0.1) is 0 Å². The first-order valence-corrected chi connectivity index (χ1v) is 10.5. The molecule has 0 radical (unpaired) electrons. The summed E-state index contributed by atoms with van der Waals surface area (Å²) in [4.78, 5) is 8.61. The average molecular weight is 412 g/mol. The lowest BCUT2D eigenvalue weighted by Crippen LogP contribution is -2.20. The molecule has 2 saturated carbocycles. The molecular formula is C23H23ClFN3O. The highest BCUT2D eigenvalue weighted by atomic mass is 35.5. The van der Waals surface area contributed by atoms with E-state index >= 15 is 0 Å². The summed E-state index contributed by atoms with van der Waals surface area (Å²) in [5.74, 6) is 3.55. The summed E-state index contributed by atoms with van der Waals surface area (Å²) >= 11 is 5.89. The molecule has 0 saturated heterocycles. The molecule has 1 aromatic carbocycles. The molecule has 1 N–H and O–H groups in total. The molecule has 2 fully saturated rings. The van der Waals surface area contributed by atoms with Gasteiger partial charge in [0, 0.05) is 23.8 Å². The largest absolute Gasteiger partial charge is 0.490 e. The maximum atomic E-state index is 13.6. The fourth-order valence-electron chi connectivity index (χ4n) is 4.93. The molecule has 3 unspecified atom stereocenters. The lowest BCUT2D eigenvalue weighted by Gasteiger charge is -2.20. The second kappa shape index (κ2) is 7.45. The minimum Gasteiger partial charge on any atom is -0.490 e. The van der Waals surface area contributed by atoms with Crippen LogP contribution in [0.25, 0.3) is 10.9 Å². The van der Waals surface area contributed by atoms with Crippen LogP contribution in [0.2, 0.25) is 5.02 Å². The SMILES string of the molecule is CC(CC1[C@H]2CC(Oc3ccnc4ccc(F)cc34)C[C@@H]12)Nc1ccc(Cl)cn1. The molecule has 6 heteroatoms. The van der Waals surface area contributed by atoms with Gasteiger partial charge < -0.3 is 10.1 Å². The van der Waals surface area contributed by atoms with Crippen LogP contribution in [0.3, 0.4) is 0 Å². The van der Waals surface area contributed by atoms with Crippen molar-refractivity contribution in [3.05, 3.63) is 59.6 Å². The van der Waals surface area contributed by atoms with Crippen molar-refractivity contribution in [1.29, 1.82) is 0 Å². The van der Waals surface area contributed by atoms with Crippen molar-refractivity contribution in [2.24, 2.45) is 17.8 Å². The number of fused-ring (bicyclic) bond motifs is 2. The van der Waals surface area contributed by atoms with Gasteiger partial charge in [-0.25, -0.2) is 9.37 Å². The first kappa shape index (κ1) is 18.6. The molecule has 0 bridgehead atoms. The van der Waals surface area contributed by atoms with E-state index in [0.29, 0.717) is 11.1 Å². The quantitative estimate of drug-likeness (QED) is 0.563. The van der Waals surface area contributed by atoms with Gasteiger partial charge in [0.1, 0.15) is 17.4 Å². The van der Waals surface area contributed by atoms with Gasteiger partial charge in [0.15, 0.2) is 0 Å². The normalized spacial score (nSPS) is 26.2. The Labute approximate surface area is 174 Å². The monoisotopic (exact) mass is 411 g/mol. The fraction of sp³-hybridized carbons (Fsp3) is 0.391. The molecule has 0 aliphatic heterocycles. The molecule has 2 aromatic heterocycles. The van der Waals surface area contributed by atoms with E-state index in [-0.39, 0.29) is 11.9 Å². The van der Waals surface area contributed by atoms with Crippen LogP contribution in [0.4, 0.5) is 10.2 Å². The second-order valence-electron chi connectivity index (χ2n) is 8.32. The highest BCUT2D eigenvalue weighted by Gasteiger charge is 2.56.